The Morgan fingerprint density at radius 3 is 2.56 bits per heavy atom. The van der Waals surface area contributed by atoms with Crippen molar-refractivity contribution in [1.29, 1.82) is 0 Å². The molecular weight excluding hydrogens is 222 g/mol. The molecule has 1 saturated heterocycles. The van der Waals surface area contributed by atoms with E-state index in [4.69, 9.17) is 10.5 Å². The molecule has 0 amide bonds. The maximum Gasteiger partial charge on any atom is 0.0685 e. The fourth-order valence-corrected chi connectivity index (χ4v) is 4.75. The SMILES string of the molecule is CC1CCC(C(N)C2CCOC3(CCCC3)C2)C1. The van der Waals surface area contributed by atoms with E-state index in [1.165, 1.54) is 57.8 Å². The first-order valence-electron chi connectivity index (χ1n) is 8.08. The molecular formula is C16H29NO. The predicted octanol–water partition coefficient (Wildman–Crippen LogP) is 3.49. The van der Waals surface area contributed by atoms with Crippen LogP contribution in [0.3, 0.4) is 0 Å². The molecule has 3 rings (SSSR count). The highest BCUT2D eigenvalue weighted by atomic mass is 16.5. The normalized spacial score (nSPS) is 41.3. The van der Waals surface area contributed by atoms with Crippen LogP contribution >= 0.6 is 0 Å². The highest BCUT2D eigenvalue weighted by Gasteiger charge is 2.43. The maximum absolute atomic E-state index is 6.61. The Kier molecular flexibility index (Phi) is 3.68. The summed E-state index contributed by atoms with van der Waals surface area (Å²) in [7, 11) is 0. The van der Waals surface area contributed by atoms with Gasteiger partial charge in [-0.3, -0.25) is 0 Å². The van der Waals surface area contributed by atoms with Crippen LogP contribution in [-0.2, 0) is 4.74 Å². The lowest BCUT2D eigenvalue weighted by molar-refractivity contribution is -0.0986. The van der Waals surface area contributed by atoms with Crippen molar-refractivity contribution < 1.29 is 4.74 Å². The predicted molar refractivity (Wildman–Crippen MR) is 74.4 cm³/mol. The lowest BCUT2D eigenvalue weighted by Gasteiger charge is -2.42. The van der Waals surface area contributed by atoms with Crippen molar-refractivity contribution in [3.8, 4) is 0 Å². The van der Waals surface area contributed by atoms with Crippen molar-refractivity contribution in [2.75, 3.05) is 6.61 Å². The van der Waals surface area contributed by atoms with Gasteiger partial charge in [-0.15, -0.1) is 0 Å². The molecule has 0 aromatic heterocycles. The number of ether oxygens (including phenoxy) is 1. The van der Waals surface area contributed by atoms with Crippen molar-refractivity contribution in [3.05, 3.63) is 0 Å². The molecule has 0 aromatic carbocycles. The van der Waals surface area contributed by atoms with Crippen molar-refractivity contribution in [2.45, 2.75) is 76.4 Å². The van der Waals surface area contributed by atoms with E-state index in [2.05, 4.69) is 6.92 Å². The first-order chi connectivity index (χ1) is 8.69. The Morgan fingerprint density at radius 1 is 1.11 bits per heavy atom. The van der Waals surface area contributed by atoms with Crippen LogP contribution in [0.15, 0.2) is 0 Å². The van der Waals surface area contributed by atoms with Crippen LogP contribution in [0, 0.1) is 17.8 Å². The Bertz CT molecular complexity index is 285. The first-order valence-corrected chi connectivity index (χ1v) is 8.08. The van der Waals surface area contributed by atoms with Crippen molar-refractivity contribution in [3.63, 3.8) is 0 Å². The molecule has 3 fully saturated rings. The van der Waals surface area contributed by atoms with E-state index in [0.717, 1.165) is 24.4 Å². The molecule has 1 heterocycles. The minimum absolute atomic E-state index is 0.241. The van der Waals surface area contributed by atoms with Crippen LogP contribution in [0.1, 0.15) is 64.7 Å². The average molecular weight is 251 g/mol. The summed E-state index contributed by atoms with van der Waals surface area (Å²) in [6, 6.07) is 0.441. The van der Waals surface area contributed by atoms with E-state index in [9.17, 15) is 0 Å². The molecule has 2 N–H and O–H groups in total. The summed E-state index contributed by atoms with van der Waals surface area (Å²) in [5.74, 6) is 2.43. The summed E-state index contributed by atoms with van der Waals surface area (Å²) >= 11 is 0. The molecule has 0 bridgehead atoms. The lowest BCUT2D eigenvalue weighted by Crippen LogP contribution is -2.46. The van der Waals surface area contributed by atoms with Crippen molar-refractivity contribution in [2.24, 2.45) is 23.5 Å². The fraction of sp³-hybridized carbons (Fsp3) is 1.00. The summed E-state index contributed by atoms with van der Waals surface area (Å²) in [6.07, 6.45) is 11.9. The highest BCUT2D eigenvalue weighted by Crippen LogP contribution is 2.45. The monoisotopic (exact) mass is 251 g/mol. The standard InChI is InChI=1S/C16H29NO/c1-12-4-5-13(10-12)15(17)14-6-9-18-16(11-14)7-2-3-8-16/h12-15H,2-11,17H2,1H3. The van der Waals surface area contributed by atoms with Crippen LogP contribution in [0.25, 0.3) is 0 Å². The molecule has 104 valence electrons. The summed E-state index contributed by atoms with van der Waals surface area (Å²) < 4.78 is 6.14. The molecule has 3 aliphatic rings. The largest absolute Gasteiger partial charge is 0.375 e. The number of nitrogens with two attached hydrogens (primary N) is 1. The third-order valence-electron chi connectivity index (χ3n) is 5.87. The van der Waals surface area contributed by atoms with Gasteiger partial charge in [0.05, 0.1) is 5.60 Å². The molecule has 4 unspecified atom stereocenters. The van der Waals surface area contributed by atoms with Gasteiger partial charge in [0.15, 0.2) is 0 Å². The number of hydrogen-bond donors (Lipinski definition) is 1. The van der Waals surface area contributed by atoms with E-state index < -0.39 is 0 Å². The maximum atomic E-state index is 6.61. The quantitative estimate of drug-likeness (QED) is 0.815. The number of rotatable bonds is 2. The molecule has 0 radical (unpaired) electrons. The molecule has 4 atom stereocenters. The zero-order chi connectivity index (χ0) is 12.6. The van der Waals surface area contributed by atoms with Gasteiger partial charge in [-0.25, -0.2) is 0 Å². The molecule has 0 aromatic rings. The van der Waals surface area contributed by atoms with Crippen LogP contribution in [0.4, 0.5) is 0 Å². The van der Waals surface area contributed by atoms with E-state index in [-0.39, 0.29) is 5.60 Å². The van der Waals surface area contributed by atoms with Gasteiger partial charge in [0.25, 0.3) is 0 Å². The Balaban J connectivity index is 1.61. The summed E-state index contributed by atoms with van der Waals surface area (Å²) in [6.45, 7) is 3.34. The average Bonchev–Trinajstić information content (AvgIpc) is 2.98. The van der Waals surface area contributed by atoms with Crippen LogP contribution < -0.4 is 5.73 Å². The van der Waals surface area contributed by atoms with E-state index >= 15 is 0 Å². The minimum Gasteiger partial charge on any atom is -0.375 e. The molecule has 18 heavy (non-hydrogen) atoms. The van der Waals surface area contributed by atoms with E-state index in [0.29, 0.717) is 6.04 Å². The van der Waals surface area contributed by atoms with Crippen molar-refractivity contribution >= 4 is 0 Å². The van der Waals surface area contributed by atoms with Gasteiger partial charge in [0.1, 0.15) is 0 Å². The van der Waals surface area contributed by atoms with Gasteiger partial charge in [-0.05, 0) is 56.3 Å². The molecule has 1 spiro atoms. The summed E-state index contributed by atoms with van der Waals surface area (Å²) in [5, 5.41) is 0. The third kappa shape index (κ3) is 2.46. The topological polar surface area (TPSA) is 35.2 Å². The Labute approximate surface area is 112 Å². The minimum atomic E-state index is 0.241. The summed E-state index contributed by atoms with van der Waals surface area (Å²) in [4.78, 5) is 0. The Hall–Kier alpha value is -0.0800. The van der Waals surface area contributed by atoms with Gasteiger partial charge in [-0.2, -0.15) is 0 Å². The first kappa shape index (κ1) is 12.9. The molecule has 1 aliphatic heterocycles. The van der Waals surface area contributed by atoms with E-state index in [1.807, 2.05) is 0 Å². The van der Waals surface area contributed by atoms with Crippen LogP contribution in [-0.4, -0.2) is 18.2 Å². The van der Waals surface area contributed by atoms with Gasteiger partial charge in [0, 0.05) is 12.6 Å². The lowest BCUT2D eigenvalue weighted by atomic mass is 9.76. The van der Waals surface area contributed by atoms with Crippen LogP contribution in [0.5, 0.6) is 0 Å². The van der Waals surface area contributed by atoms with Gasteiger partial charge in [0.2, 0.25) is 0 Å². The van der Waals surface area contributed by atoms with Gasteiger partial charge >= 0.3 is 0 Å². The molecule has 2 saturated carbocycles. The number of hydrogen-bond acceptors (Lipinski definition) is 2. The van der Waals surface area contributed by atoms with Crippen molar-refractivity contribution in [1.82, 2.24) is 0 Å². The second kappa shape index (κ2) is 5.13. The fourth-order valence-electron chi connectivity index (χ4n) is 4.75. The second-order valence-corrected chi connectivity index (χ2v) is 7.25. The molecule has 2 heteroatoms. The molecule has 2 nitrogen and oxygen atoms in total. The smallest absolute Gasteiger partial charge is 0.0685 e. The Morgan fingerprint density at radius 2 is 1.89 bits per heavy atom. The van der Waals surface area contributed by atoms with Gasteiger partial charge < -0.3 is 10.5 Å². The third-order valence-corrected chi connectivity index (χ3v) is 5.87. The summed E-state index contributed by atoms with van der Waals surface area (Å²) in [5.41, 5.74) is 6.85. The zero-order valence-electron chi connectivity index (χ0n) is 11.9. The zero-order valence-corrected chi connectivity index (χ0v) is 11.9. The van der Waals surface area contributed by atoms with Crippen LogP contribution in [0.2, 0.25) is 0 Å². The van der Waals surface area contributed by atoms with Gasteiger partial charge in [-0.1, -0.05) is 26.2 Å². The molecule has 2 aliphatic carbocycles. The second-order valence-electron chi connectivity index (χ2n) is 7.25. The van der Waals surface area contributed by atoms with E-state index in [1.54, 1.807) is 0 Å². The highest BCUT2D eigenvalue weighted by molar-refractivity contribution is 4.96.